The van der Waals surface area contributed by atoms with E-state index in [2.05, 4.69) is 24.5 Å². The highest BCUT2D eigenvalue weighted by atomic mass is 16.3. The lowest BCUT2D eigenvalue weighted by Crippen LogP contribution is -2.59. The van der Waals surface area contributed by atoms with E-state index in [0.717, 1.165) is 17.7 Å². The van der Waals surface area contributed by atoms with Crippen LogP contribution < -0.4 is 10.6 Å². The first-order valence-corrected chi connectivity index (χ1v) is 6.68. The summed E-state index contributed by atoms with van der Waals surface area (Å²) in [5.74, 6) is -0.0631. The summed E-state index contributed by atoms with van der Waals surface area (Å²) in [6.07, 6.45) is 0.561. The molecule has 2 rings (SSSR count). The van der Waals surface area contributed by atoms with Gasteiger partial charge in [0.1, 0.15) is 0 Å². The van der Waals surface area contributed by atoms with Gasteiger partial charge in [0.05, 0.1) is 6.10 Å². The Morgan fingerprint density at radius 1 is 1.42 bits per heavy atom. The number of hydrogen-bond donors (Lipinski definition) is 3. The highest BCUT2D eigenvalue weighted by Crippen LogP contribution is 2.40. The Kier molecular flexibility index (Phi) is 3.92. The Morgan fingerprint density at radius 3 is 2.68 bits per heavy atom. The summed E-state index contributed by atoms with van der Waals surface area (Å²) in [6.45, 7) is 6.34. The van der Waals surface area contributed by atoms with Gasteiger partial charge in [-0.05, 0) is 18.1 Å². The van der Waals surface area contributed by atoms with E-state index in [1.54, 1.807) is 0 Å². The van der Waals surface area contributed by atoms with Crippen LogP contribution >= 0.6 is 0 Å². The third-order valence-electron chi connectivity index (χ3n) is 4.08. The van der Waals surface area contributed by atoms with E-state index >= 15 is 0 Å². The molecule has 0 saturated heterocycles. The van der Waals surface area contributed by atoms with E-state index in [9.17, 15) is 9.90 Å². The van der Waals surface area contributed by atoms with Crippen molar-refractivity contribution in [2.45, 2.75) is 45.9 Å². The third-order valence-corrected chi connectivity index (χ3v) is 4.08. The van der Waals surface area contributed by atoms with Gasteiger partial charge in [-0.2, -0.15) is 0 Å². The molecule has 0 bridgehead atoms. The summed E-state index contributed by atoms with van der Waals surface area (Å²) >= 11 is 0. The van der Waals surface area contributed by atoms with Gasteiger partial charge in [-0.1, -0.05) is 32.0 Å². The van der Waals surface area contributed by atoms with Crippen molar-refractivity contribution in [3.05, 3.63) is 29.8 Å². The number of carbonyl (C=O) groups excluding carboxylic acids is 1. The van der Waals surface area contributed by atoms with E-state index in [0.29, 0.717) is 12.6 Å². The summed E-state index contributed by atoms with van der Waals surface area (Å²) in [7, 11) is 0. The summed E-state index contributed by atoms with van der Waals surface area (Å²) in [5.41, 5.74) is 1.83. The molecule has 1 fully saturated rings. The molecule has 1 saturated carbocycles. The molecule has 2 unspecified atom stereocenters. The second-order valence-electron chi connectivity index (χ2n) is 5.84. The molecule has 1 aliphatic rings. The van der Waals surface area contributed by atoms with Crippen molar-refractivity contribution in [3.63, 3.8) is 0 Å². The predicted molar refractivity (Wildman–Crippen MR) is 75.8 cm³/mol. The number of aliphatic hydroxyl groups is 1. The van der Waals surface area contributed by atoms with Crippen molar-refractivity contribution < 1.29 is 9.90 Å². The molecule has 0 aromatic heterocycles. The molecule has 0 aliphatic heterocycles. The van der Waals surface area contributed by atoms with Crippen LogP contribution in [0, 0.1) is 5.41 Å². The standard InChI is InChI=1S/C15H22N2O2/c1-10(18)17-12-7-5-4-6-11(12)9-16-13-8-14(19)15(13,2)3/h4-7,13-14,16,19H,8-9H2,1-3H3,(H,17,18). The quantitative estimate of drug-likeness (QED) is 0.776. The SMILES string of the molecule is CC(=O)Nc1ccccc1CNC1CC(O)C1(C)C. The zero-order valence-corrected chi connectivity index (χ0v) is 11.7. The fourth-order valence-corrected chi connectivity index (χ4v) is 2.47. The highest BCUT2D eigenvalue weighted by Gasteiger charge is 2.46. The molecular weight excluding hydrogens is 240 g/mol. The minimum absolute atomic E-state index is 0.0631. The molecule has 0 spiro atoms. The normalized spacial score (nSPS) is 24.6. The number of amides is 1. The Hall–Kier alpha value is -1.39. The number of hydrogen-bond acceptors (Lipinski definition) is 3. The fourth-order valence-electron chi connectivity index (χ4n) is 2.47. The Bertz CT molecular complexity index is 471. The molecule has 0 heterocycles. The van der Waals surface area contributed by atoms with Crippen LogP contribution in [0.2, 0.25) is 0 Å². The molecular formula is C15H22N2O2. The van der Waals surface area contributed by atoms with Crippen molar-refractivity contribution >= 4 is 11.6 Å². The topological polar surface area (TPSA) is 61.4 Å². The number of carbonyl (C=O) groups is 1. The van der Waals surface area contributed by atoms with Crippen LogP contribution in [0.25, 0.3) is 0 Å². The summed E-state index contributed by atoms with van der Waals surface area (Å²) in [4.78, 5) is 11.2. The van der Waals surface area contributed by atoms with Crippen LogP contribution in [0.15, 0.2) is 24.3 Å². The summed E-state index contributed by atoms with van der Waals surface area (Å²) in [5, 5.41) is 16.0. The predicted octanol–water partition coefficient (Wildman–Crippen LogP) is 1.89. The lowest BCUT2D eigenvalue weighted by Gasteiger charge is -2.49. The molecule has 2 atom stereocenters. The van der Waals surface area contributed by atoms with Crippen LogP contribution in [0.5, 0.6) is 0 Å². The molecule has 1 aliphatic carbocycles. The van der Waals surface area contributed by atoms with Crippen LogP contribution in [-0.4, -0.2) is 23.2 Å². The molecule has 1 aromatic rings. The number of rotatable bonds is 4. The first-order valence-electron chi connectivity index (χ1n) is 6.68. The molecule has 0 radical (unpaired) electrons. The fraction of sp³-hybridized carbons (Fsp3) is 0.533. The maximum absolute atomic E-state index is 11.2. The molecule has 19 heavy (non-hydrogen) atoms. The molecule has 1 amide bonds. The Balaban J connectivity index is 1.98. The zero-order chi connectivity index (χ0) is 14.0. The first-order chi connectivity index (χ1) is 8.91. The second-order valence-corrected chi connectivity index (χ2v) is 5.84. The molecule has 1 aromatic carbocycles. The average molecular weight is 262 g/mol. The molecule has 4 nitrogen and oxygen atoms in total. The van der Waals surface area contributed by atoms with E-state index in [1.807, 2.05) is 24.3 Å². The van der Waals surface area contributed by atoms with Gasteiger partial charge in [0.25, 0.3) is 0 Å². The Labute approximate surface area is 114 Å². The van der Waals surface area contributed by atoms with E-state index in [-0.39, 0.29) is 17.4 Å². The van der Waals surface area contributed by atoms with Crippen LogP contribution in [-0.2, 0) is 11.3 Å². The molecule has 104 valence electrons. The minimum atomic E-state index is -0.226. The van der Waals surface area contributed by atoms with Crippen molar-refractivity contribution in [3.8, 4) is 0 Å². The van der Waals surface area contributed by atoms with Crippen LogP contribution in [0.4, 0.5) is 5.69 Å². The van der Waals surface area contributed by atoms with Crippen molar-refractivity contribution in [1.82, 2.24) is 5.32 Å². The lowest BCUT2D eigenvalue weighted by atomic mass is 9.64. The number of anilines is 1. The van der Waals surface area contributed by atoms with Gasteiger partial charge in [0.2, 0.25) is 5.91 Å². The minimum Gasteiger partial charge on any atom is -0.392 e. The van der Waals surface area contributed by atoms with E-state index in [4.69, 9.17) is 0 Å². The largest absolute Gasteiger partial charge is 0.392 e. The van der Waals surface area contributed by atoms with Gasteiger partial charge in [0, 0.05) is 30.6 Å². The highest BCUT2D eigenvalue weighted by molar-refractivity contribution is 5.89. The van der Waals surface area contributed by atoms with Crippen molar-refractivity contribution in [1.29, 1.82) is 0 Å². The third kappa shape index (κ3) is 2.96. The van der Waals surface area contributed by atoms with Gasteiger partial charge >= 0.3 is 0 Å². The summed E-state index contributed by atoms with van der Waals surface area (Å²) in [6, 6.07) is 8.09. The second kappa shape index (κ2) is 5.31. The van der Waals surface area contributed by atoms with Crippen LogP contribution in [0.3, 0.4) is 0 Å². The van der Waals surface area contributed by atoms with Crippen molar-refractivity contribution in [2.75, 3.05) is 5.32 Å². The number of aliphatic hydroxyl groups excluding tert-OH is 1. The van der Waals surface area contributed by atoms with E-state index < -0.39 is 0 Å². The maximum atomic E-state index is 11.2. The van der Waals surface area contributed by atoms with Gasteiger partial charge in [-0.15, -0.1) is 0 Å². The average Bonchev–Trinajstić information content (AvgIpc) is 2.35. The molecule has 4 heteroatoms. The van der Waals surface area contributed by atoms with Crippen molar-refractivity contribution in [2.24, 2.45) is 5.41 Å². The van der Waals surface area contributed by atoms with Gasteiger partial charge < -0.3 is 15.7 Å². The molecule has 3 N–H and O–H groups in total. The van der Waals surface area contributed by atoms with Gasteiger partial charge in [0.15, 0.2) is 0 Å². The monoisotopic (exact) mass is 262 g/mol. The van der Waals surface area contributed by atoms with Gasteiger partial charge in [-0.25, -0.2) is 0 Å². The number of nitrogens with one attached hydrogen (secondary N) is 2. The smallest absolute Gasteiger partial charge is 0.221 e. The van der Waals surface area contributed by atoms with Crippen LogP contribution in [0.1, 0.15) is 32.8 Å². The summed E-state index contributed by atoms with van der Waals surface area (Å²) < 4.78 is 0. The van der Waals surface area contributed by atoms with Gasteiger partial charge in [-0.3, -0.25) is 4.79 Å². The first kappa shape index (κ1) is 14.0. The maximum Gasteiger partial charge on any atom is 0.221 e. The Morgan fingerprint density at radius 2 is 2.11 bits per heavy atom. The number of benzene rings is 1. The zero-order valence-electron chi connectivity index (χ0n) is 11.7. The lowest BCUT2D eigenvalue weighted by molar-refractivity contribution is -0.114. The number of para-hydroxylation sites is 1. The van der Waals surface area contributed by atoms with E-state index in [1.165, 1.54) is 6.92 Å².